The maximum atomic E-state index is 12.9. The van der Waals surface area contributed by atoms with Gasteiger partial charge in [-0.3, -0.25) is 14.4 Å². The number of ether oxygens (including phenoxy) is 1. The molecule has 5 heteroatoms. The summed E-state index contributed by atoms with van der Waals surface area (Å²) in [5.41, 5.74) is 0.118. The molecular formula is C21H33NO4. The average Bonchev–Trinajstić information content (AvgIpc) is 2.50. The van der Waals surface area contributed by atoms with Crippen molar-refractivity contribution in [1.29, 1.82) is 0 Å². The van der Waals surface area contributed by atoms with Gasteiger partial charge < -0.3 is 9.64 Å². The van der Waals surface area contributed by atoms with E-state index in [-0.39, 0.29) is 29.8 Å². The maximum absolute atomic E-state index is 12.9. The number of hydrogen-bond acceptors (Lipinski definition) is 5. The highest BCUT2D eigenvalue weighted by Gasteiger charge is 2.44. The second-order valence-corrected chi connectivity index (χ2v) is 8.75. The number of hydrogen-bond donors (Lipinski definition) is 0. The van der Waals surface area contributed by atoms with E-state index in [4.69, 9.17) is 4.74 Å². The molecule has 0 N–H and O–H groups in total. The summed E-state index contributed by atoms with van der Waals surface area (Å²) < 4.78 is 5.89. The Morgan fingerprint density at radius 2 is 1.85 bits per heavy atom. The lowest BCUT2D eigenvalue weighted by Gasteiger charge is -2.38. The van der Waals surface area contributed by atoms with Crippen LogP contribution in [-0.2, 0) is 19.1 Å². The van der Waals surface area contributed by atoms with Gasteiger partial charge in [0, 0.05) is 26.7 Å². The van der Waals surface area contributed by atoms with Gasteiger partial charge in [0.25, 0.3) is 0 Å². The molecule has 2 saturated carbocycles. The van der Waals surface area contributed by atoms with Crippen LogP contribution in [0.4, 0.5) is 0 Å². The molecule has 2 aliphatic rings. The molecule has 0 heterocycles. The molecule has 2 fully saturated rings. The first-order chi connectivity index (χ1) is 12.1. The van der Waals surface area contributed by atoms with Crippen molar-refractivity contribution >= 4 is 17.5 Å². The molecule has 0 aromatic heterocycles. The molecule has 5 atom stereocenters. The van der Waals surface area contributed by atoms with Gasteiger partial charge in [-0.2, -0.15) is 0 Å². The summed E-state index contributed by atoms with van der Waals surface area (Å²) in [7, 11) is 3.52. The summed E-state index contributed by atoms with van der Waals surface area (Å²) in [6.07, 6.45) is 4.65. The van der Waals surface area contributed by atoms with Crippen molar-refractivity contribution in [2.45, 2.75) is 59.5 Å². The molecule has 0 spiro atoms. The van der Waals surface area contributed by atoms with E-state index < -0.39 is 17.7 Å². The van der Waals surface area contributed by atoms with Gasteiger partial charge >= 0.3 is 5.97 Å². The number of rotatable bonds is 4. The summed E-state index contributed by atoms with van der Waals surface area (Å²) in [4.78, 5) is 39.6. The monoisotopic (exact) mass is 363 g/mol. The van der Waals surface area contributed by atoms with Crippen molar-refractivity contribution in [3.63, 3.8) is 0 Å². The van der Waals surface area contributed by atoms with Crippen molar-refractivity contribution in [2.24, 2.45) is 29.6 Å². The van der Waals surface area contributed by atoms with Crippen LogP contribution < -0.4 is 0 Å². The molecular weight excluding hydrogens is 330 g/mol. The molecule has 0 aromatic rings. The quantitative estimate of drug-likeness (QED) is 0.332. The normalized spacial score (nSPS) is 34.3. The molecule has 146 valence electrons. The highest BCUT2D eigenvalue weighted by atomic mass is 16.5. The number of carbonyl (C=O) groups excluding carboxylic acids is 3. The number of nitrogens with zero attached hydrogens (tertiary/aromatic N) is 1. The van der Waals surface area contributed by atoms with E-state index >= 15 is 0 Å². The second kappa shape index (κ2) is 8.36. The number of allylic oxidation sites excluding steroid dienone is 1. The van der Waals surface area contributed by atoms with Gasteiger partial charge in [0.2, 0.25) is 0 Å². The number of carbonyl (C=O) groups is 3. The molecule has 0 aromatic carbocycles. The Balaban J connectivity index is 2.18. The van der Waals surface area contributed by atoms with Crippen LogP contribution in [0.15, 0.2) is 11.8 Å². The van der Waals surface area contributed by atoms with Crippen LogP contribution in [0.2, 0.25) is 0 Å². The summed E-state index contributed by atoms with van der Waals surface area (Å²) in [5.74, 6) is -0.932. The predicted molar refractivity (Wildman–Crippen MR) is 100 cm³/mol. The zero-order chi connectivity index (χ0) is 19.6. The Morgan fingerprint density at radius 3 is 2.42 bits per heavy atom. The number of Topliss-reactive ketones (excluding diaryl/α,β-unsaturated/α-hetero) is 2. The second-order valence-electron chi connectivity index (χ2n) is 8.75. The summed E-state index contributed by atoms with van der Waals surface area (Å²) in [6, 6.07) is 0. The van der Waals surface area contributed by atoms with Crippen molar-refractivity contribution in [3.8, 4) is 0 Å². The minimum atomic E-state index is -0.871. The molecule has 2 rings (SSSR count). The van der Waals surface area contributed by atoms with Crippen LogP contribution in [0.25, 0.3) is 0 Å². The smallest absolute Gasteiger partial charge is 0.317 e. The third kappa shape index (κ3) is 4.54. The van der Waals surface area contributed by atoms with E-state index in [9.17, 15) is 14.4 Å². The molecule has 0 radical (unpaired) electrons. The van der Waals surface area contributed by atoms with Crippen molar-refractivity contribution in [2.75, 3.05) is 14.1 Å². The molecule has 0 amide bonds. The SMILES string of the molecule is CC(C)[C@@H]1CC[C@@H](C)C[C@H]1OC(=O)C1C(=O)/C(=C/N(C)C)C(=O)C[C@@H]1C. The van der Waals surface area contributed by atoms with Crippen LogP contribution in [0.3, 0.4) is 0 Å². The van der Waals surface area contributed by atoms with Gasteiger partial charge in [-0.1, -0.05) is 34.1 Å². The van der Waals surface area contributed by atoms with Gasteiger partial charge in [-0.05, 0) is 36.5 Å². The third-order valence-electron chi connectivity index (χ3n) is 5.79. The minimum absolute atomic E-state index is 0.118. The van der Waals surface area contributed by atoms with Gasteiger partial charge in [-0.15, -0.1) is 0 Å². The molecule has 0 saturated heterocycles. The maximum Gasteiger partial charge on any atom is 0.317 e. The largest absolute Gasteiger partial charge is 0.462 e. The van der Waals surface area contributed by atoms with E-state index in [2.05, 4.69) is 20.8 Å². The summed E-state index contributed by atoms with van der Waals surface area (Å²) in [5, 5.41) is 0. The fourth-order valence-corrected chi connectivity index (χ4v) is 4.29. The zero-order valence-electron chi connectivity index (χ0n) is 17.0. The van der Waals surface area contributed by atoms with E-state index in [1.807, 2.05) is 0 Å². The summed E-state index contributed by atoms with van der Waals surface area (Å²) >= 11 is 0. The van der Waals surface area contributed by atoms with Crippen LogP contribution in [0, 0.1) is 29.6 Å². The van der Waals surface area contributed by atoms with Gasteiger partial charge in [0.1, 0.15) is 12.0 Å². The predicted octanol–water partition coefficient (Wildman–Crippen LogP) is 3.23. The molecule has 5 nitrogen and oxygen atoms in total. The fourth-order valence-electron chi connectivity index (χ4n) is 4.29. The first kappa shape index (κ1) is 20.7. The molecule has 0 aliphatic heterocycles. The lowest BCUT2D eigenvalue weighted by atomic mass is 9.74. The van der Waals surface area contributed by atoms with Crippen LogP contribution in [-0.4, -0.2) is 42.6 Å². The van der Waals surface area contributed by atoms with Crippen molar-refractivity contribution < 1.29 is 19.1 Å². The fraction of sp³-hybridized carbons (Fsp3) is 0.762. The molecule has 26 heavy (non-hydrogen) atoms. The molecule has 0 bridgehead atoms. The Kier molecular flexibility index (Phi) is 6.64. The van der Waals surface area contributed by atoms with E-state index in [1.165, 1.54) is 6.20 Å². The molecule has 2 aliphatic carbocycles. The standard InChI is InChI=1S/C21H33NO4/c1-12(2)15-8-7-13(3)9-18(15)26-21(25)19-14(4)10-17(23)16(20(19)24)11-22(5)6/h11-15,18-19H,7-10H2,1-6H3/b16-11+/t13-,14+,15+,18-,19?/m1/s1. The third-order valence-corrected chi connectivity index (χ3v) is 5.79. The van der Waals surface area contributed by atoms with Crippen LogP contribution in [0.5, 0.6) is 0 Å². The Morgan fingerprint density at radius 1 is 1.19 bits per heavy atom. The van der Waals surface area contributed by atoms with Gasteiger partial charge in [0.15, 0.2) is 11.6 Å². The van der Waals surface area contributed by atoms with E-state index in [0.717, 1.165) is 19.3 Å². The number of esters is 1. The Hall–Kier alpha value is -1.65. The van der Waals surface area contributed by atoms with E-state index in [1.54, 1.807) is 25.9 Å². The highest BCUT2D eigenvalue weighted by Crippen LogP contribution is 2.37. The van der Waals surface area contributed by atoms with Crippen molar-refractivity contribution in [3.05, 3.63) is 11.8 Å². The van der Waals surface area contributed by atoms with Gasteiger partial charge in [0.05, 0.1) is 5.57 Å². The highest BCUT2D eigenvalue weighted by molar-refractivity contribution is 6.26. The first-order valence-electron chi connectivity index (χ1n) is 9.78. The van der Waals surface area contributed by atoms with Crippen molar-refractivity contribution in [1.82, 2.24) is 4.90 Å². The lowest BCUT2D eigenvalue weighted by molar-refractivity contribution is -0.165. The van der Waals surface area contributed by atoms with Crippen LogP contribution in [0.1, 0.15) is 53.4 Å². The Bertz CT molecular complexity index is 593. The molecule has 1 unspecified atom stereocenters. The zero-order valence-corrected chi connectivity index (χ0v) is 17.0. The topological polar surface area (TPSA) is 63.7 Å². The lowest BCUT2D eigenvalue weighted by Crippen LogP contribution is -2.44. The first-order valence-corrected chi connectivity index (χ1v) is 9.78. The summed E-state index contributed by atoms with van der Waals surface area (Å²) in [6.45, 7) is 8.29. The minimum Gasteiger partial charge on any atom is -0.462 e. The Labute approximate surface area is 157 Å². The number of ketones is 2. The van der Waals surface area contributed by atoms with E-state index in [0.29, 0.717) is 17.8 Å². The average molecular weight is 363 g/mol. The van der Waals surface area contributed by atoms with Gasteiger partial charge in [-0.25, -0.2) is 0 Å². The van der Waals surface area contributed by atoms with Crippen LogP contribution >= 0.6 is 0 Å².